The lowest BCUT2D eigenvalue weighted by atomic mass is 9.81. The molecule has 36 heavy (non-hydrogen) atoms. The van der Waals surface area contributed by atoms with Crippen molar-refractivity contribution in [3.05, 3.63) is 64.1 Å². The number of aromatic hydroxyl groups is 1. The zero-order valence-electron chi connectivity index (χ0n) is 20.6. The summed E-state index contributed by atoms with van der Waals surface area (Å²) in [4.78, 5) is 36.2. The number of phenolic OH excluding ortho intramolecular Hbond substituents is 1. The SMILES string of the molecule is CCN(CC)CCCN1C(=O)N2[C@H](c3cccc(O)c3)c3[nH]c4cc(F)c(Cl)cc4c3C[C@@]2(C)C1=O. The lowest BCUT2D eigenvalue weighted by Gasteiger charge is -2.42. The molecule has 1 aromatic heterocycles. The quantitative estimate of drug-likeness (QED) is 0.433. The highest BCUT2D eigenvalue weighted by atomic mass is 35.5. The summed E-state index contributed by atoms with van der Waals surface area (Å²) in [6.07, 6.45) is 0.958. The third-order valence-electron chi connectivity index (χ3n) is 7.64. The number of hydrogen-bond donors (Lipinski definition) is 2. The predicted molar refractivity (Wildman–Crippen MR) is 137 cm³/mol. The number of benzene rings is 2. The van der Waals surface area contributed by atoms with E-state index in [4.69, 9.17) is 11.6 Å². The number of carbonyl (C=O) groups excluding carboxylic acids is 2. The van der Waals surface area contributed by atoms with Gasteiger partial charge in [0.05, 0.1) is 5.02 Å². The highest BCUT2D eigenvalue weighted by Crippen LogP contribution is 2.49. The van der Waals surface area contributed by atoms with Crippen LogP contribution < -0.4 is 0 Å². The van der Waals surface area contributed by atoms with E-state index in [0.717, 1.165) is 30.6 Å². The second-order valence-electron chi connectivity index (χ2n) is 9.77. The number of amides is 3. The number of halogens is 2. The summed E-state index contributed by atoms with van der Waals surface area (Å²) >= 11 is 6.12. The molecule has 2 aromatic carbocycles. The third kappa shape index (κ3) is 3.74. The smallest absolute Gasteiger partial charge is 0.328 e. The van der Waals surface area contributed by atoms with Gasteiger partial charge in [0.15, 0.2) is 0 Å². The van der Waals surface area contributed by atoms with Crippen molar-refractivity contribution in [2.75, 3.05) is 26.2 Å². The largest absolute Gasteiger partial charge is 0.508 e. The Bertz CT molecular complexity index is 1350. The third-order valence-corrected chi connectivity index (χ3v) is 7.93. The van der Waals surface area contributed by atoms with Gasteiger partial charge in [-0.3, -0.25) is 14.6 Å². The molecule has 3 heterocycles. The Morgan fingerprint density at radius 2 is 1.97 bits per heavy atom. The fraction of sp³-hybridized carbons (Fsp3) is 0.407. The fourth-order valence-electron chi connectivity index (χ4n) is 5.74. The maximum Gasteiger partial charge on any atom is 0.328 e. The Labute approximate surface area is 214 Å². The van der Waals surface area contributed by atoms with Crippen molar-refractivity contribution in [3.8, 4) is 5.75 Å². The van der Waals surface area contributed by atoms with E-state index < -0.39 is 17.4 Å². The predicted octanol–water partition coefficient (Wildman–Crippen LogP) is 5.07. The Morgan fingerprint density at radius 3 is 2.67 bits per heavy atom. The number of aromatic amines is 1. The van der Waals surface area contributed by atoms with Crippen LogP contribution in [0.15, 0.2) is 36.4 Å². The van der Waals surface area contributed by atoms with Crippen LogP contribution in [0.4, 0.5) is 9.18 Å². The molecule has 0 aliphatic carbocycles. The van der Waals surface area contributed by atoms with E-state index in [1.165, 1.54) is 11.0 Å². The van der Waals surface area contributed by atoms with Crippen molar-refractivity contribution in [1.29, 1.82) is 0 Å². The number of phenols is 1. The van der Waals surface area contributed by atoms with Gasteiger partial charge in [0, 0.05) is 29.6 Å². The van der Waals surface area contributed by atoms with Gasteiger partial charge in [-0.25, -0.2) is 9.18 Å². The van der Waals surface area contributed by atoms with Crippen molar-refractivity contribution in [2.45, 2.75) is 45.2 Å². The van der Waals surface area contributed by atoms with Crippen molar-refractivity contribution in [2.24, 2.45) is 0 Å². The van der Waals surface area contributed by atoms with Gasteiger partial charge in [-0.2, -0.15) is 0 Å². The molecular formula is C27H30ClFN4O3. The number of carbonyl (C=O) groups is 2. The molecule has 5 rings (SSSR count). The first-order chi connectivity index (χ1) is 17.2. The molecule has 2 aliphatic heterocycles. The van der Waals surface area contributed by atoms with Crippen LogP contribution in [-0.4, -0.2) is 68.4 Å². The average molecular weight is 513 g/mol. The Hall–Kier alpha value is -3.10. The maximum absolute atomic E-state index is 14.3. The van der Waals surface area contributed by atoms with Gasteiger partial charge in [0.1, 0.15) is 23.1 Å². The first-order valence-electron chi connectivity index (χ1n) is 12.4. The van der Waals surface area contributed by atoms with Gasteiger partial charge in [-0.05, 0) is 68.4 Å². The van der Waals surface area contributed by atoms with Crippen LogP contribution in [0.3, 0.4) is 0 Å². The van der Waals surface area contributed by atoms with E-state index in [0.29, 0.717) is 29.7 Å². The van der Waals surface area contributed by atoms with Crippen molar-refractivity contribution in [1.82, 2.24) is 19.7 Å². The van der Waals surface area contributed by atoms with Crippen LogP contribution in [0.5, 0.6) is 5.75 Å². The lowest BCUT2D eigenvalue weighted by molar-refractivity contribution is -0.133. The summed E-state index contributed by atoms with van der Waals surface area (Å²) in [6.45, 7) is 8.92. The molecule has 190 valence electrons. The summed E-state index contributed by atoms with van der Waals surface area (Å²) in [5.41, 5.74) is 1.59. The normalized spacial score (nSPS) is 21.6. The van der Waals surface area contributed by atoms with Crippen LogP contribution in [0, 0.1) is 5.82 Å². The van der Waals surface area contributed by atoms with Gasteiger partial charge in [-0.1, -0.05) is 37.6 Å². The van der Waals surface area contributed by atoms with E-state index in [2.05, 4.69) is 23.7 Å². The van der Waals surface area contributed by atoms with Crippen LogP contribution in [-0.2, 0) is 11.2 Å². The highest BCUT2D eigenvalue weighted by molar-refractivity contribution is 6.31. The second-order valence-corrected chi connectivity index (χ2v) is 10.2. The highest BCUT2D eigenvalue weighted by Gasteiger charge is 2.60. The summed E-state index contributed by atoms with van der Waals surface area (Å²) < 4.78 is 14.3. The van der Waals surface area contributed by atoms with Crippen molar-refractivity contribution < 1.29 is 19.1 Å². The minimum absolute atomic E-state index is 0.00218. The summed E-state index contributed by atoms with van der Waals surface area (Å²) in [6, 6.07) is 8.58. The van der Waals surface area contributed by atoms with E-state index in [1.807, 2.05) is 6.07 Å². The van der Waals surface area contributed by atoms with Gasteiger partial charge in [0.2, 0.25) is 0 Å². The van der Waals surface area contributed by atoms with Crippen molar-refractivity contribution >= 4 is 34.4 Å². The average Bonchev–Trinajstić information content (AvgIpc) is 3.27. The molecule has 9 heteroatoms. The van der Waals surface area contributed by atoms with Gasteiger partial charge in [0.25, 0.3) is 5.91 Å². The van der Waals surface area contributed by atoms with E-state index in [1.54, 1.807) is 36.1 Å². The Kier molecular flexibility index (Phi) is 6.21. The molecule has 1 fully saturated rings. The number of rotatable bonds is 7. The first-order valence-corrected chi connectivity index (χ1v) is 12.7. The summed E-state index contributed by atoms with van der Waals surface area (Å²) in [5, 5.41) is 11.0. The lowest BCUT2D eigenvalue weighted by Crippen LogP contribution is -2.53. The van der Waals surface area contributed by atoms with Crippen LogP contribution >= 0.6 is 11.6 Å². The topological polar surface area (TPSA) is 79.9 Å². The summed E-state index contributed by atoms with van der Waals surface area (Å²) in [7, 11) is 0. The Balaban J connectivity index is 1.61. The number of fused-ring (bicyclic) bond motifs is 4. The molecule has 0 saturated carbocycles. The molecule has 2 aliphatic rings. The molecule has 2 N–H and O–H groups in total. The number of urea groups is 1. The zero-order chi connectivity index (χ0) is 25.8. The van der Waals surface area contributed by atoms with E-state index in [9.17, 15) is 19.1 Å². The van der Waals surface area contributed by atoms with Gasteiger partial charge >= 0.3 is 6.03 Å². The molecule has 3 amide bonds. The molecule has 0 bridgehead atoms. The molecular weight excluding hydrogens is 483 g/mol. The molecule has 0 radical (unpaired) electrons. The monoisotopic (exact) mass is 512 g/mol. The number of H-pyrrole nitrogens is 1. The van der Waals surface area contributed by atoms with Crippen molar-refractivity contribution in [3.63, 3.8) is 0 Å². The minimum Gasteiger partial charge on any atom is -0.508 e. The van der Waals surface area contributed by atoms with E-state index >= 15 is 0 Å². The van der Waals surface area contributed by atoms with E-state index in [-0.39, 0.29) is 29.1 Å². The molecule has 3 aromatic rings. The maximum atomic E-state index is 14.3. The molecule has 7 nitrogen and oxygen atoms in total. The Morgan fingerprint density at radius 1 is 1.22 bits per heavy atom. The molecule has 0 spiro atoms. The minimum atomic E-state index is -1.13. The first kappa shape index (κ1) is 24.6. The van der Waals surface area contributed by atoms with Crippen LogP contribution in [0.2, 0.25) is 5.02 Å². The molecule has 0 unspecified atom stereocenters. The number of nitrogens with zero attached hydrogens (tertiary/aromatic N) is 3. The van der Waals surface area contributed by atoms with Gasteiger partial charge in [-0.15, -0.1) is 0 Å². The number of aromatic nitrogens is 1. The molecule has 1 saturated heterocycles. The van der Waals surface area contributed by atoms with Gasteiger partial charge < -0.3 is 15.0 Å². The fourth-order valence-corrected chi connectivity index (χ4v) is 5.90. The number of hydrogen-bond acceptors (Lipinski definition) is 4. The second kappa shape index (κ2) is 9.09. The standard InChI is InChI=1S/C27H30ClFN4O3/c1-4-31(5-2)10-7-11-32-25(35)27(3)15-19-18-13-20(28)21(29)14-22(18)30-23(19)24(33(27)26(32)36)16-8-6-9-17(34)12-16/h6,8-9,12-14,24,30,34H,4-5,7,10-11,15H2,1-3H3/t24-,27+/m1/s1. The van der Waals surface area contributed by atoms with Crippen LogP contribution in [0.25, 0.3) is 10.9 Å². The van der Waals surface area contributed by atoms with Crippen LogP contribution in [0.1, 0.15) is 50.1 Å². The number of imide groups is 1. The molecule has 2 atom stereocenters. The zero-order valence-corrected chi connectivity index (χ0v) is 21.4. The summed E-state index contributed by atoms with van der Waals surface area (Å²) in [5.74, 6) is -0.735. The number of nitrogens with one attached hydrogen (secondary N) is 1.